The van der Waals surface area contributed by atoms with E-state index in [-0.39, 0.29) is 12.5 Å². The average Bonchev–Trinajstić information content (AvgIpc) is 2.37. The number of benzene rings is 1. The van der Waals surface area contributed by atoms with Crippen LogP contribution < -0.4 is 4.74 Å². The number of ether oxygens (including phenoxy) is 3. The molecule has 1 atom stereocenters. The molecular formula is C12H14Cl2O4. The van der Waals surface area contributed by atoms with Crippen LogP contribution in [0.25, 0.3) is 0 Å². The Morgan fingerprint density at radius 3 is 2.61 bits per heavy atom. The average molecular weight is 293 g/mol. The number of hydrogen-bond donors (Lipinski definition) is 0. The minimum absolute atomic E-state index is 0.102. The van der Waals surface area contributed by atoms with Crippen molar-refractivity contribution in [1.29, 1.82) is 0 Å². The van der Waals surface area contributed by atoms with E-state index in [9.17, 15) is 4.79 Å². The molecule has 0 aromatic heterocycles. The predicted octanol–water partition coefficient (Wildman–Crippen LogP) is 3.41. The Hall–Kier alpha value is -1.13. The molecule has 0 radical (unpaired) electrons. The van der Waals surface area contributed by atoms with Crippen molar-refractivity contribution in [2.24, 2.45) is 0 Å². The first-order chi connectivity index (χ1) is 8.72. The van der Waals surface area contributed by atoms with E-state index in [1.165, 1.54) is 0 Å². The van der Waals surface area contributed by atoms with Crippen molar-refractivity contribution >= 4 is 29.4 Å². The fourth-order valence-electron chi connectivity index (χ4n) is 1.11. The quantitative estimate of drug-likeness (QED) is 0.571. The number of carbonyl (C=O) groups is 1. The minimum atomic E-state index is -0.824. The summed E-state index contributed by atoms with van der Waals surface area (Å²) in [6, 6.07) is 9.30. The zero-order chi connectivity index (χ0) is 13.2. The van der Waals surface area contributed by atoms with Crippen LogP contribution in [0.3, 0.4) is 0 Å². The second-order valence-corrected chi connectivity index (χ2v) is 4.13. The molecule has 1 aromatic rings. The van der Waals surface area contributed by atoms with Crippen LogP contribution in [-0.4, -0.2) is 30.8 Å². The molecule has 0 bridgehead atoms. The van der Waals surface area contributed by atoms with E-state index >= 15 is 0 Å². The second-order valence-electron chi connectivity index (χ2n) is 3.27. The molecule has 6 heteroatoms. The number of para-hydroxylation sites is 1. The molecule has 0 fully saturated rings. The van der Waals surface area contributed by atoms with E-state index in [4.69, 9.17) is 32.7 Å². The number of alkyl halides is 2. The summed E-state index contributed by atoms with van der Waals surface area (Å²) in [5.74, 6) is 0.963. The Bertz CT molecular complexity index is 345. The second kappa shape index (κ2) is 8.89. The van der Waals surface area contributed by atoms with Crippen LogP contribution in [0.5, 0.6) is 5.75 Å². The molecule has 0 spiro atoms. The molecular weight excluding hydrogens is 279 g/mol. The molecule has 100 valence electrons. The minimum Gasteiger partial charge on any atom is -0.493 e. The maximum atomic E-state index is 11.0. The van der Waals surface area contributed by atoms with E-state index in [0.717, 1.165) is 5.75 Å². The monoisotopic (exact) mass is 292 g/mol. The third-order valence-electron chi connectivity index (χ3n) is 1.88. The van der Waals surface area contributed by atoms with Gasteiger partial charge in [-0.1, -0.05) is 29.8 Å². The van der Waals surface area contributed by atoms with E-state index < -0.39 is 11.7 Å². The molecule has 0 aliphatic carbocycles. The van der Waals surface area contributed by atoms with Crippen LogP contribution >= 0.6 is 23.2 Å². The molecule has 1 rings (SSSR count). The van der Waals surface area contributed by atoms with Gasteiger partial charge in [-0.3, -0.25) is 0 Å². The van der Waals surface area contributed by atoms with Gasteiger partial charge in [0.25, 0.3) is 0 Å². The Morgan fingerprint density at radius 2 is 1.94 bits per heavy atom. The Morgan fingerprint density at radius 1 is 1.22 bits per heavy atom. The normalized spacial score (nSPS) is 11.7. The summed E-state index contributed by atoms with van der Waals surface area (Å²) >= 11 is 11.1. The van der Waals surface area contributed by atoms with E-state index in [1.807, 2.05) is 30.3 Å². The van der Waals surface area contributed by atoms with Crippen molar-refractivity contribution in [2.45, 2.75) is 12.0 Å². The third-order valence-corrected chi connectivity index (χ3v) is 2.34. The predicted molar refractivity (Wildman–Crippen MR) is 69.3 cm³/mol. The summed E-state index contributed by atoms with van der Waals surface area (Å²) in [5, 5.41) is 0. The molecule has 0 N–H and O–H groups in total. The molecule has 0 amide bonds. The largest absolute Gasteiger partial charge is 0.509 e. The lowest BCUT2D eigenvalue weighted by atomic mass is 10.3. The summed E-state index contributed by atoms with van der Waals surface area (Å²) in [4.78, 5) is 11.0. The van der Waals surface area contributed by atoms with Gasteiger partial charge in [-0.15, -0.1) is 11.6 Å². The molecule has 1 aromatic carbocycles. The number of carbonyl (C=O) groups excluding carboxylic acids is 1. The van der Waals surface area contributed by atoms with Crippen molar-refractivity contribution in [1.82, 2.24) is 0 Å². The van der Waals surface area contributed by atoms with Gasteiger partial charge in [-0.2, -0.15) is 0 Å². The van der Waals surface area contributed by atoms with E-state index in [1.54, 1.807) is 0 Å². The molecule has 18 heavy (non-hydrogen) atoms. The van der Waals surface area contributed by atoms with Crippen LogP contribution in [0.2, 0.25) is 0 Å². The van der Waals surface area contributed by atoms with Gasteiger partial charge in [0.05, 0.1) is 12.5 Å². The van der Waals surface area contributed by atoms with Gasteiger partial charge in [0, 0.05) is 6.42 Å². The molecule has 0 saturated heterocycles. The lowest BCUT2D eigenvalue weighted by Crippen LogP contribution is -2.17. The first-order valence-electron chi connectivity index (χ1n) is 5.43. The Labute approximate surface area is 116 Å². The summed E-state index contributed by atoms with van der Waals surface area (Å²) in [6.07, 6.45) is -0.456. The van der Waals surface area contributed by atoms with Crippen LogP contribution in [0.1, 0.15) is 6.42 Å². The van der Waals surface area contributed by atoms with Crippen molar-refractivity contribution in [3.05, 3.63) is 30.3 Å². The Balaban J connectivity index is 2.13. The summed E-state index contributed by atoms with van der Waals surface area (Å²) in [6.45, 7) is 0.450. The van der Waals surface area contributed by atoms with Crippen molar-refractivity contribution in [3.8, 4) is 5.75 Å². The fourth-order valence-corrected chi connectivity index (χ4v) is 1.34. The maximum Gasteiger partial charge on any atom is 0.509 e. The van der Waals surface area contributed by atoms with Crippen molar-refractivity contribution in [3.63, 3.8) is 0 Å². The number of rotatable bonds is 7. The van der Waals surface area contributed by atoms with Crippen molar-refractivity contribution < 1.29 is 19.0 Å². The van der Waals surface area contributed by atoms with Gasteiger partial charge in [-0.25, -0.2) is 4.79 Å². The smallest absolute Gasteiger partial charge is 0.493 e. The number of hydrogen-bond acceptors (Lipinski definition) is 4. The SMILES string of the molecule is O=C(OCCCl)OC(Cl)CCOc1ccccc1. The standard InChI is InChI=1S/C12H14Cl2O4/c13-7-9-17-12(15)18-11(14)6-8-16-10-4-2-1-3-5-10/h1-5,11H,6-9H2. The molecule has 4 nitrogen and oxygen atoms in total. The van der Waals surface area contributed by atoms with Crippen molar-refractivity contribution in [2.75, 3.05) is 19.1 Å². The lowest BCUT2D eigenvalue weighted by Gasteiger charge is -2.11. The van der Waals surface area contributed by atoms with Crippen LogP contribution in [0.4, 0.5) is 4.79 Å². The van der Waals surface area contributed by atoms with Gasteiger partial charge in [0.15, 0.2) is 5.56 Å². The number of halogens is 2. The van der Waals surface area contributed by atoms with Crippen LogP contribution in [-0.2, 0) is 9.47 Å². The van der Waals surface area contributed by atoms with Gasteiger partial charge < -0.3 is 14.2 Å². The zero-order valence-electron chi connectivity index (χ0n) is 9.68. The highest BCUT2D eigenvalue weighted by Gasteiger charge is 2.12. The molecule has 1 unspecified atom stereocenters. The van der Waals surface area contributed by atoms with Crippen LogP contribution in [0, 0.1) is 0 Å². The topological polar surface area (TPSA) is 44.8 Å². The van der Waals surface area contributed by atoms with Gasteiger partial charge >= 0.3 is 6.16 Å². The third kappa shape index (κ3) is 6.57. The van der Waals surface area contributed by atoms with E-state index in [0.29, 0.717) is 13.0 Å². The molecule has 0 aliphatic rings. The molecule has 0 aliphatic heterocycles. The first kappa shape index (κ1) is 14.9. The van der Waals surface area contributed by atoms with Crippen LogP contribution in [0.15, 0.2) is 30.3 Å². The van der Waals surface area contributed by atoms with Gasteiger partial charge in [0.2, 0.25) is 0 Å². The Kier molecular flexibility index (Phi) is 7.37. The molecule has 0 saturated carbocycles. The summed E-state index contributed by atoms with van der Waals surface area (Å²) in [5.41, 5.74) is -0.781. The summed E-state index contributed by atoms with van der Waals surface area (Å²) < 4.78 is 14.8. The zero-order valence-corrected chi connectivity index (χ0v) is 11.2. The van der Waals surface area contributed by atoms with Gasteiger partial charge in [-0.05, 0) is 12.1 Å². The highest BCUT2D eigenvalue weighted by Crippen LogP contribution is 2.11. The molecule has 0 heterocycles. The highest BCUT2D eigenvalue weighted by molar-refractivity contribution is 6.20. The summed E-state index contributed by atoms with van der Waals surface area (Å²) in [7, 11) is 0. The lowest BCUT2D eigenvalue weighted by molar-refractivity contribution is 0.0446. The van der Waals surface area contributed by atoms with Gasteiger partial charge in [0.1, 0.15) is 12.4 Å². The highest BCUT2D eigenvalue weighted by atomic mass is 35.5. The maximum absolute atomic E-state index is 11.0. The first-order valence-corrected chi connectivity index (χ1v) is 6.40. The van der Waals surface area contributed by atoms with E-state index in [2.05, 4.69) is 4.74 Å². The fraction of sp³-hybridized carbons (Fsp3) is 0.417.